The molecule has 0 amide bonds. The molecule has 0 saturated carbocycles. The van der Waals surface area contributed by atoms with Crippen molar-refractivity contribution in [2.24, 2.45) is 0 Å². The molecule has 0 aliphatic carbocycles. The van der Waals surface area contributed by atoms with Gasteiger partial charge in [-0.1, -0.05) is 29.3 Å². The Morgan fingerprint density at radius 3 is 2.21 bits per heavy atom. The average Bonchev–Trinajstić information content (AvgIpc) is 2.75. The van der Waals surface area contributed by atoms with Crippen LogP contribution in [0.25, 0.3) is 0 Å². The smallest absolute Gasteiger partial charge is 0.268 e. The number of likely N-dealkylation sites (N-methyl/N-ethyl adjacent to an activating group) is 1. The molecule has 1 aliphatic heterocycles. The lowest BCUT2D eigenvalue weighted by molar-refractivity contribution is 0.402. The van der Waals surface area contributed by atoms with Gasteiger partial charge in [0.2, 0.25) is 0 Å². The molecule has 1 heterocycles. The fourth-order valence-corrected chi connectivity index (χ4v) is 7.32. The summed E-state index contributed by atoms with van der Waals surface area (Å²) in [5, 5.41) is 0.399. The Morgan fingerprint density at radius 1 is 0.971 bits per heavy atom. The summed E-state index contributed by atoms with van der Waals surface area (Å²) in [6, 6.07) is 4.99. The number of aryl methyl sites for hydroxylation is 2. The third kappa shape index (κ3) is 5.43. The van der Waals surface area contributed by atoms with E-state index >= 15 is 0 Å². The molecule has 1 fully saturated rings. The van der Waals surface area contributed by atoms with Gasteiger partial charge in [-0.05, 0) is 83.0 Å². The first-order valence-electron chi connectivity index (χ1n) is 11.5. The molecule has 1 aliphatic rings. The van der Waals surface area contributed by atoms with E-state index in [1.165, 1.54) is 30.0 Å². The van der Waals surface area contributed by atoms with Gasteiger partial charge in [0.15, 0.2) is 5.75 Å². The lowest BCUT2D eigenvalue weighted by Gasteiger charge is -2.35. The highest BCUT2D eigenvalue weighted by Gasteiger charge is 2.33. The Kier molecular flexibility index (Phi) is 8.66. The number of hydrogen-bond donors (Lipinski definition) is 0. The molecule has 0 aromatic heterocycles. The molecule has 9 heteroatoms. The third-order valence-electron chi connectivity index (χ3n) is 6.31. The van der Waals surface area contributed by atoms with Crippen LogP contribution < -0.4 is 13.9 Å². The summed E-state index contributed by atoms with van der Waals surface area (Å²) in [4.78, 5) is 4.32. The second-order valence-corrected chi connectivity index (χ2v) is 11.9. The Balaban J connectivity index is 2.25. The van der Waals surface area contributed by atoms with E-state index < -0.39 is 10.0 Å². The van der Waals surface area contributed by atoms with Crippen molar-refractivity contribution in [3.63, 3.8) is 0 Å². The maximum absolute atomic E-state index is 14.2. The van der Waals surface area contributed by atoms with Gasteiger partial charge < -0.3 is 14.5 Å². The van der Waals surface area contributed by atoms with E-state index in [0.29, 0.717) is 12.2 Å². The molecule has 0 spiro atoms. The SMILES string of the molecule is COc1c(Cl)cc(Cl)cc1S(=O)(=O)N(CCN(C)C)c1c(C)cc(C)c(N2CCCCC2)c1C. The summed E-state index contributed by atoms with van der Waals surface area (Å²) in [6.45, 7) is 8.87. The van der Waals surface area contributed by atoms with Crippen LogP contribution >= 0.6 is 23.2 Å². The van der Waals surface area contributed by atoms with Crippen molar-refractivity contribution in [2.45, 2.75) is 44.9 Å². The van der Waals surface area contributed by atoms with Gasteiger partial charge in [0, 0.05) is 36.9 Å². The van der Waals surface area contributed by atoms with E-state index in [4.69, 9.17) is 27.9 Å². The molecule has 0 atom stereocenters. The van der Waals surface area contributed by atoms with Gasteiger partial charge in [0.1, 0.15) is 4.90 Å². The monoisotopic (exact) mass is 527 g/mol. The van der Waals surface area contributed by atoms with Gasteiger partial charge in [0.25, 0.3) is 10.0 Å². The van der Waals surface area contributed by atoms with Crippen LogP contribution in [0.2, 0.25) is 10.0 Å². The summed E-state index contributed by atoms with van der Waals surface area (Å²) in [7, 11) is 1.22. The standard InChI is InChI=1S/C25H35Cl2N3O3S/c1-17-14-18(2)24(19(3)23(17)29-10-8-7-9-11-29)30(13-12-28(4)5)34(31,32)22-16-20(26)15-21(27)25(22)33-6/h14-16H,7-13H2,1-6H3. The number of methoxy groups -OCH3 is 1. The highest BCUT2D eigenvalue weighted by molar-refractivity contribution is 7.93. The Morgan fingerprint density at radius 2 is 1.62 bits per heavy atom. The largest absolute Gasteiger partial charge is 0.494 e. The molecular formula is C25H35Cl2N3O3S. The van der Waals surface area contributed by atoms with Gasteiger partial charge >= 0.3 is 0 Å². The first-order chi connectivity index (χ1) is 16.0. The summed E-state index contributed by atoms with van der Waals surface area (Å²) in [5.74, 6) is 0.0968. The lowest BCUT2D eigenvalue weighted by atomic mass is 9.99. The number of halogens is 2. The molecule has 2 aromatic rings. The molecule has 0 unspecified atom stereocenters. The van der Waals surface area contributed by atoms with Crippen LogP contribution in [-0.2, 0) is 10.0 Å². The Bertz CT molecular complexity index is 1150. The zero-order valence-electron chi connectivity index (χ0n) is 20.9. The van der Waals surface area contributed by atoms with E-state index in [1.54, 1.807) is 0 Å². The Hall–Kier alpha value is -1.67. The quantitative estimate of drug-likeness (QED) is 0.442. The van der Waals surface area contributed by atoms with Crippen molar-refractivity contribution < 1.29 is 13.2 Å². The first kappa shape index (κ1) is 26.9. The second kappa shape index (κ2) is 10.9. The number of ether oxygens (including phenoxy) is 1. The molecule has 34 heavy (non-hydrogen) atoms. The molecule has 0 N–H and O–H groups in total. The van der Waals surface area contributed by atoms with Gasteiger partial charge in [0.05, 0.1) is 17.8 Å². The van der Waals surface area contributed by atoms with Gasteiger partial charge in [-0.3, -0.25) is 4.31 Å². The number of benzene rings is 2. The minimum atomic E-state index is -4.05. The molecule has 6 nitrogen and oxygen atoms in total. The minimum Gasteiger partial charge on any atom is -0.494 e. The first-order valence-corrected chi connectivity index (χ1v) is 13.7. The van der Waals surface area contributed by atoms with Crippen LogP contribution in [0.3, 0.4) is 0 Å². The summed E-state index contributed by atoms with van der Waals surface area (Å²) >= 11 is 12.6. The van der Waals surface area contributed by atoms with Crippen LogP contribution in [0.4, 0.5) is 11.4 Å². The molecule has 0 radical (unpaired) electrons. The van der Waals surface area contributed by atoms with Crippen molar-refractivity contribution in [1.29, 1.82) is 0 Å². The molecule has 3 rings (SSSR count). The average molecular weight is 529 g/mol. The summed E-state index contributed by atoms with van der Waals surface area (Å²) in [6.07, 6.45) is 3.51. The van der Waals surface area contributed by atoms with Crippen molar-refractivity contribution in [3.05, 3.63) is 44.9 Å². The molecular weight excluding hydrogens is 493 g/mol. The summed E-state index contributed by atoms with van der Waals surface area (Å²) in [5.41, 5.74) is 4.86. The van der Waals surface area contributed by atoms with Crippen LogP contribution in [0.5, 0.6) is 5.75 Å². The lowest BCUT2D eigenvalue weighted by Crippen LogP contribution is -2.38. The van der Waals surface area contributed by atoms with Gasteiger partial charge in [-0.25, -0.2) is 8.42 Å². The highest BCUT2D eigenvalue weighted by Crippen LogP contribution is 2.42. The predicted molar refractivity (Wildman–Crippen MR) is 143 cm³/mol. The minimum absolute atomic E-state index is 0.0369. The number of sulfonamides is 1. The van der Waals surface area contributed by atoms with Crippen LogP contribution in [0, 0.1) is 20.8 Å². The van der Waals surface area contributed by atoms with E-state index in [1.807, 2.05) is 32.8 Å². The molecule has 0 bridgehead atoms. The zero-order valence-corrected chi connectivity index (χ0v) is 23.2. The van der Waals surface area contributed by atoms with Crippen molar-refractivity contribution in [2.75, 3.05) is 56.6 Å². The normalized spacial score (nSPS) is 14.6. The zero-order chi connectivity index (χ0) is 25.2. The molecule has 1 saturated heterocycles. The summed E-state index contributed by atoms with van der Waals surface area (Å²) < 4.78 is 35.3. The van der Waals surface area contributed by atoms with Gasteiger partial charge in [-0.2, -0.15) is 0 Å². The third-order valence-corrected chi connectivity index (χ3v) is 8.61. The number of anilines is 2. The van der Waals surface area contributed by atoms with E-state index in [-0.39, 0.29) is 27.2 Å². The number of rotatable bonds is 8. The van der Waals surface area contributed by atoms with E-state index in [2.05, 4.69) is 17.9 Å². The molecule has 188 valence electrons. The topological polar surface area (TPSA) is 53.1 Å². The van der Waals surface area contributed by atoms with E-state index in [0.717, 1.165) is 48.3 Å². The van der Waals surface area contributed by atoms with Crippen molar-refractivity contribution >= 4 is 44.6 Å². The maximum Gasteiger partial charge on any atom is 0.268 e. The van der Waals surface area contributed by atoms with Crippen molar-refractivity contribution in [1.82, 2.24) is 4.90 Å². The molecule has 2 aromatic carbocycles. The number of nitrogens with zero attached hydrogens (tertiary/aromatic N) is 3. The van der Waals surface area contributed by atoms with Crippen LogP contribution in [-0.4, -0.2) is 60.7 Å². The fraction of sp³-hybridized carbons (Fsp3) is 0.520. The maximum atomic E-state index is 14.2. The highest BCUT2D eigenvalue weighted by atomic mass is 35.5. The number of hydrogen-bond acceptors (Lipinski definition) is 5. The van der Waals surface area contributed by atoms with Gasteiger partial charge in [-0.15, -0.1) is 0 Å². The van der Waals surface area contributed by atoms with Crippen LogP contribution in [0.15, 0.2) is 23.1 Å². The predicted octanol–water partition coefficient (Wildman–Crippen LogP) is 5.67. The fourth-order valence-electron chi connectivity index (χ4n) is 4.84. The van der Waals surface area contributed by atoms with E-state index in [9.17, 15) is 8.42 Å². The number of piperidine rings is 1. The van der Waals surface area contributed by atoms with Crippen LogP contribution in [0.1, 0.15) is 36.0 Å². The van der Waals surface area contributed by atoms with Crippen molar-refractivity contribution in [3.8, 4) is 5.75 Å². The second-order valence-electron chi connectivity index (χ2n) is 9.18. The Labute approximate surface area is 214 Å².